The van der Waals surface area contributed by atoms with Gasteiger partial charge in [-0.2, -0.15) is 0 Å². The first-order valence-electron chi connectivity index (χ1n) is 22.2. The predicted molar refractivity (Wildman–Crippen MR) is 239 cm³/mol. The molecule has 6 rings (SSSR count). The van der Waals surface area contributed by atoms with E-state index in [1.807, 2.05) is 51.3 Å². The van der Waals surface area contributed by atoms with Crippen molar-refractivity contribution in [2.75, 3.05) is 95.6 Å². The zero-order chi connectivity index (χ0) is 43.0. The maximum Gasteiger partial charge on any atom is 0.410 e. The fourth-order valence-electron chi connectivity index (χ4n) is 8.46. The number of morpholine rings is 2. The number of hydrogen-bond acceptors (Lipinski definition) is 9. The number of ether oxygens (including phenoxy) is 4. The van der Waals surface area contributed by atoms with Crippen molar-refractivity contribution in [3.63, 3.8) is 0 Å². The molecule has 0 aliphatic carbocycles. The van der Waals surface area contributed by atoms with Crippen LogP contribution in [0.25, 0.3) is 0 Å². The Labute approximate surface area is 356 Å². The van der Waals surface area contributed by atoms with Crippen LogP contribution in [-0.2, 0) is 31.9 Å². The predicted octanol–water partition coefficient (Wildman–Crippen LogP) is 8.85. The molecule has 59 heavy (non-hydrogen) atoms. The number of benzene rings is 2. The Morgan fingerprint density at radius 2 is 1.05 bits per heavy atom. The van der Waals surface area contributed by atoms with Crippen molar-refractivity contribution in [2.24, 2.45) is 5.41 Å². The van der Waals surface area contributed by atoms with E-state index >= 15 is 0 Å². The molecule has 4 saturated heterocycles. The molecular formula is C48H77N5O6. The molecule has 0 unspecified atom stereocenters. The fourth-order valence-corrected chi connectivity index (χ4v) is 8.46. The normalized spacial score (nSPS) is 19.9. The first-order valence-corrected chi connectivity index (χ1v) is 22.2. The molecule has 4 heterocycles. The number of carbonyl (C=O) groups excluding carboxylic acids is 2. The van der Waals surface area contributed by atoms with Crippen LogP contribution in [0.5, 0.6) is 0 Å². The zero-order valence-electron chi connectivity index (χ0n) is 38.6. The topological polar surface area (TPSA) is 87.3 Å². The number of nitrogens with zero attached hydrogens (tertiary/aromatic N) is 5. The van der Waals surface area contributed by atoms with Crippen molar-refractivity contribution in [3.05, 3.63) is 58.7 Å². The molecule has 4 fully saturated rings. The number of anilines is 2. The van der Waals surface area contributed by atoms with Crippen molar-refractivity contribution >= 4 is 23.6 Å². The lowest BCUT2D eigenvalue weighted by atomic mass is 9.76. The van der Waals surface area contributed by atoms with E-state index in [-0.39, 0.29) is 23.1 Å². The summed E-state index contributed by atoms with van der Waals surface area (Å²) in [5, 5.41) is 0. The number of aryl methyl sites for hydroxylation is 3. The number of hydrogen-bond donors (Lipinski definition) is 0. The molecule has 11 nitrogen and oxygen atoms in total. The quantitative estimate of drug-likeness (QED) is 0.259. The van der Waals surface area contributed by atoms with Gasteiger partial charge in [-0.15, -0.1) is 0 Å². The van der Waals surface area contributed by atoms with Crippen LogP contribution >= 0.6 is 0 Å². The molecule has 0 atom stereocenters. The smallest absolute Gasteiger partial charge is 0.410 e. The molecule has 0 radical (unpaired) electrons. The average Bonchev–Trinajstić information content (AvgIpc) is 3.18. The lowest BCUT2D eigenvalue weighted by Gasteiger charge is -2.45. The van der Waals surface area contributed by atoms with Gasteiger partial charge in [0.2, 0.25) is 0 Å². The Bertz CT molecular complexity index is 1670. The maximum absolute atomic E-state index is 12.4. The van der Waals surface area contributed by atoms with Gasteiger partial charge in [-0.25, -0.2) is 9.59 Å². The molecule has 11 heteroatoms. The molecule has 0 aromatic heterocycles. The van der Waals surface area contributed by atoms with Gasteiger partial charge >= 0.3 is 12.2 Å². The summed E-state index contributed by atoms with van der Waals surface area (Å²) in [5.74, 6) is 0. The first kappa shape index (κ1) is 46.5. The van der Waals surface area contributed by atoms with Crippen molar-refractivity contribution < 1.29 is 28.5 Å². The van der Waals surface area contributed by atoms with Crippen LogP contribution in [0.3, 0.4) is 0 Å². The van der Waals surface area contributed by atoms with Crippen LogP contribution in [0.4, 0.5) is 21.0 Å². The second kappa shape index (κ2) is 19.9. The molecule has 330 valence electrons. The molecule has 0 saturated carbocycles. The molecule has 2 amide bonds. The van der Waals surface area contributed by atoms with Gasteiger partial charge in [0.25, 0.3) is 0 Å². The third-order valence-electron chi connectivity index (χ3n) is 12.6. The van der Waals surface area contributed by atoms with Crippen molar-refractivity contribution in [3.8, 4) is 0 Å². The van der Waals surface area contributed by atoms with Crippen molar-refractivity contribution in [2.45, 2.75) is 131 Å². The minimum absolute atomic E-state index is 0.0612. The number of likely N-dealkylation sites (tertiary alicyclic amines) is 2. The Morgan fingerprint density at radius 3 is 1.49 bits per heavy atom. The monoisotopic (exact) mass is 820 g/mol. The standard InChI is InChI=1S/C24H39N3O3.C24H38N2O3/c1-19-7-8-20(21(17-19)26-13-15-29-16-14-26)18-25(6)24(5)9-11-27(12-10-24)22(28)30-23(2,3)4;1-19-6-7-20(21(18-19)25-14-16-28-17-15-25)8-9-24(5)10-12-26(13-11-24)22(27)29-23(2,3)4/h7-8,17H,9-16,18H2,1-6H3;6-7,18H,8-17H2,1-5H3. The third kappa shape index (κ3) is 13.7. The lowest BCUT2D eigenvalue weighted by molar-refractivity contribution is 0.00162. The molecule has 2 aromatic carbocycles. The highest BCUT2D eigenvalue weighted by atomic mass is 16.6. The summed E-state index contributed by atoms with van der Waals surface area (Å²) in [6, 6.07) is 13.7. The second-order valence-electron chi connectivity index (χ2n) is 20.1. The van der Waals surface area contributed by atoms with Gasteiger partial charge in [0.1, 0.15) is 11.2 Å². The van der Waals surface area contributed by atoms with E-state index in [9.17, 15) is 9.59 Å². The summed E-state index contributed by atoms with van der Waals surface area (Å²) in [7, 11) is 2.21. The van der Waals surface area contributed by atoms with Gasteiger partial charge in [-0.1, -0.05) is 31.2 Å². The molecular weight excluding hydrogens is 743 g/mol. The number of rotatable bonds is 8. The van der Waals surface area contributed by atoms with E-state index in [2.05, 4.69) is 85.8 Å². The van der Waals surface area contributed by atoms with Gasteiger partial charge in [0, 0.05) is 75.8 Å². The molecule has 0 spiro atoms. The van der Waals surface area contributed by atoms with Crippen molar-refractivity contribution in [1.82, 2.24) is 14.7 Å². The minimum atomic E-state index is -0.448. The third-order valence-corrected chi connectivity index (χ3v) is 12.6. The molecule has 4 aliphatic rings. The Kier molecular flexibility index (Phi) is 15.7. The molecule has 0 bridgehead atoms. The number of piperidine rings is 2. The largest absolute Gasteiger partial charge is 0.444 e. The van der Waals surface area contributed by atoms with Crippen LogP contribution in [0.15, 0.2) is 36.4 Å². The first-order chi connectivity index (χ1) is 27.7. The van der Waals surface area contributed by atoms with E-state index < -0.39 is 11.2 Å². The van der Waals surface area contributed by atoms with Gasteiger partial charge in [0.05, 0.1) is 26.4 Å². The Morgan fingerprint density at radius 1 is 0.644 bits per heavy atom. The van der Waals surface area contributed by atoms with Gasteiger partial charge in [-0.3, -0.25) is 4.90 Å². The summed E-state index contributed by atoms with van der Waals surface area (Å²) in [6.45, 7) is 31.5. The van der Waals surface area contributed by atoms with Crippen LogP contribution in [-0.4, -0.2) is 129 Å². The molecule has 2 aromatic rings. The second-order valence-corrected chi connectivity index (χ2v) is 20.1. The number of carbonyl (C=O) groups is 2. The highest BCUT2D eigenvalue weighted by molar-refractivity contribution is 5.68. The summed E-state index contributed by atoms with van der Waals surface area (Å²) in [5.41, 5.74) is 7.57. The summed E-state index contributed by atoms with van der Waals surface area (Å²) in [4.78, 5) is 35.9. The van der Waals surface area contributed by atoms with E-state index in [0.29, 0.717) is 0 Å². The zero-order valence-corrected chi connectivity index (χ0v) is 38.6. The average molecular weight is 820 g/mol. The molecule has 0 N–H and O–H groups in total. The van der Waals surface area contributed by atoms with E-state index in [0.717, 1.165) is 124 Å². The number of amides is 2. The van der Waals surface area contributed by atoms with Crippen molar-refractivity contribution in [1.29, 1.82) is 0 Å². The van der Waals surface area contributed by atoms with Crippen LogP contribution in [0.2, 0.25) is 0 Å². The van der Waals surface area contributed by atoms with Gasteiger partial charge < -0.3 is 38.5 Å². The Hall–Kier alpha value is -3.54. The minimum Gasteiger partial charge on any atom is -0.444 e. The van der Waals surface area contributed by atoms with E-state index in [1.165, 1.54) is 33.6 Å². The summed E-state index contributed by atoms with van der Waals surface area (Å²) in [6.07, 6.45) is 5.82. The van der Waals surface area contributed by atoms with E-state index in [4.69, 9.17) is 18.9 Å². The van der Waals surface area contributed by atoms with Crippen LogP contribution < -0.4 is 9.80 Å². The lowest BCUT2D eigenvalue weighted by Crippen LogP contribution is -2.53. The van der Waals surface area contributed by atoms with Gasteiger partial charge in [0.15, 0.2) is 0 Å². The fraction of sp³-hybridized carbons (Fsp3) is 0.708. The van der Waals surface area contributed by atoms with Gasteiger partial charge in [-0.05, 0) is 148 Å². The van der Waals surface area contributed by atoms with E-state index in [1.54, 1.807) is 0 Å². The SMILES string of the molecule is Cc1ccc(CCC2(C)CCN(C(=O)OC(C)(C)C)CC2)c(N2CCOCC2)c1.Cc1ccc(CN(C)C2(C)CCN(C(=O)OC(C)(C)C)CC2)c(N2CCOCC2)c1. The Balaban J connectivity index is 0.000000224. The van der Waals surface area contributed by atoms with Crippen LogP contribution in [0, 0.1) is 19.3 Å². The summed E-state index contributed by atoms with van der Waals surface area (Å²) < 4.78 is 22.2. The maximum atomic E-state index is 12.4. The highest BCUT2D eigenvalue weighted by Crippen LogP contribution is 2.38. The van der Waals surface area contributed by atoms with Crippen LogP contribution in [0.1, 0.15) is 110 Å². The highest BCUT2D eigenvalue weighted by Gasteiger charge is 2.37. The summed E-state index contributed by atoms with van der Waals surface area (Å²) >= 11 is 0. The molecule has 4 aliphatic heterocycles.